The number of esters is 1. The second-order valence-corrected chi connectivity index (χ2v) is 6.24. The molecule has 0 saturated carbocycles. The lowest BCUT2D eigenvalue weighted by atomic mass is 10.1. The van der Waals surface area contributed by atoms with Crippen LogP contribution in [0, 0.1) is 10.5 Å². The summed E-state index contributed by atoms with van der Waals surface area (Å²) in [7, 11) is 1.61. The van der Waals surface area contributed by atoms with Crippen molar-refractivity contribution in [2.75, 3.05) is 7.11 Å². The van der Waals surface area contributed by atoms with E-state index in [0.29, 0.717) is 11.6 Å². The summed E-state index contributed by atoms with van der Waals surface area (Å²) in [5, 5.41) is 0. The third kappa shape index (κ3) is 3.44. The number of hydrogen-bond donors (Lipinski definition) is 0. The summed E-state index contributed by atoms with van der Waals surface area (Å²) in [6.45, 7) is 2.01. The van der Waals surface area contributed by atoms with Crippen LogP contribution >= 0.6 is 22.6 Å². The van der Waals surface area contributed by atoms with Crippen LogP contribution in [0.4, 0.5) is 0 Å². The quantitative estimate of drug-likeness (QED) is 0.430. The number of methoxy groups -OCH3 is 1. The first-order chi connectivity index (χ1) is 11.1. The molecule has 1 heterocycles. The van der Waals surface area contributed by atoms with E-state index in [2.05, 4.69) is 27.6 Å². The van der Waals surface area contributed by atoms with Gasteiger partial charge in [-0.05, 0) is 77.0 Å². The molecular weight excluding hydrogens is 405 g/mol. The number of aryl methyl sites for hydroxylation is 1. The van der Waals surface area contributed by atoms with Crippen LogP contribution in [0.5, 0.6) is 5.75 Å². The Hall–Kier alpha value is -2.15. The number of aliphatic imine (C=N–C) groups is 1. The highest BCUT2D eigenvalue weighted by Crippen LogP contribution is 2.22. The Bertz CT molecular complexity index is 823. The van der Waals surface area contributed by atoms with Crippen molar-refractivity contribution in [1.82, 2.24) is 0 Å². The molecule has 1 aliphatic rings. The summed E-state index contributed by atoms with van der Waals surface area (Å²) in [6, 6.07) is 13.2. The zero-order chi connectivity index (χ0) is 16.4. The molecule has 0 bridgehead atoms. The molecule has 3 rings (SSSR count). The topological polar surface area (TPSA) is 47.9 Å². The molecule has 0 fully saturated rings. The maximum atomic E-state index is 12.0. The lowest BCUT2D eigenvalue weighted by Gasteiger charge is -2.02. The Morgan fingerprint density at radius 3 is 2.57 bits per heavy atom. The summed E-state index contributed by atoms with van der Waals surface area (Å²) in [5.41, 5.74) is 3.08. The number of benzene rings is 2. The normalized spacial score (nSPS) is 15.5. The number of hydrogen-bond acceptors (Lipinski definition) is 4. The molecule has 2 aromatic carbocycles. The van der Waals surface area contributed by atoms with E-state index in [4.69, 9.17) is 9.47 Å². The Labute approximate surface area is 148 Å². The van der Waals surface area contributed by atoms with Crippen molar-refractivity contribution in [3.63, 3.8) is 0 Å². The first-order valence-electron chi connectivity index (χ1n) is 7.00. The third-order valence-corrected chi connectivity index (χ3v) is 4.65. The first kappa shape index (κ1) is 15.7. The van der Waals surface area contributed by atoms with Gasteiger partial charge in [0.1, 0.15) is 5.75 Å². The Morgan fingerprint density at radius 2 is 1.91 bits per heavy atom. The summed E-state index contributed by atoms with van der Waals surface area (Å²) < 4.78 is 11.6. The smallest absolute Gasteiger partial charge is 0.363 e. The summed E-state index contributed by atoms with van der Waals surface area (Å²) in [5.74, 6) is 0.668. The number of halogens is 1. The zero-order valence-corrected chi connectivity index (χ0v) is 14.8. The second-order valence-electron chi connectivity index (χ2n) is 5.07. The van der Waals surface area contributed by atoms with Gasteiger partial charge in [0.15, 0.2) is 5.70 Å². The lowest BCUT2D eigenvalue weighted by molar-refractivity contribution is -0.129. The Kier molecular flexibility index (Phi) is 4.47. The van der Waals surface area contributed by atoms with Crippen molar-refractivity contribution in [1.29, 1.82) is 0 Å². The van der Waals surface area contributed by atoms with Crippen LogP contribution in [-0.4, -0.2) is 19.0 Å². The standard InChI is InChI=1S/C18H14INO3/c1-11-9-13(5-8-15(11)19)17-20-16(18(21)23-17)10-12-3-6-14(22-2)7-4-12/h3-10H,1-2H3/b16-10-. The van der Waals surface area contributed by atoms with Crippen LogP contribution in [0.25, 0.3) is 6.08 Å². The van der Waals surface area contributed by atoms with E-state index < -0.39 is 5.97 Å². The predicted octanol–water partition coefficient (Wildman–Crippen LogP) is 3.95. The van der Waals surface area contributed by atoms with Crippen molar-refractivity contribution >= 4 is 40.5 Å². The molecule has 23 heavy (non-hydrogen) atoms. The van der Waals surface area contributed by atoms with Crippen LogP contribution in [0.1, 0.15) is 16.7 Å². The predicted molar refractivity (Wildman–Crippen MR) is 97.5 cm³/mol. The molecule has 0 aromatic heterocycles. The van der Waals surface area contributed by atoms with E-state index in [1.807, 2.05) is 49.4 Å². The number of cyclic esters (lactones) is 1. The van der Waals surface area contributed by atoms with E-state index in [1.165, 1.54) is 0 Å². The number of carbonyl (C=O) groups excluding carboxylic acids is 1. The van der Waals surface area contributed by atoms with Gasteiger partial charge in [-0.25, -0.2) is 9.79 Å². The largest absolute Gasteiger partial charge is 0.497 e. The molecule has 0 saturated heterocycles. The molecular formula is C18H14INO3. The number of carbonyl (C=O) groups is 1. The van der Waals surface area contributed by atoms with Gasteiger partial charge in [0.25, 0.3) is 0 Å². The van der Waals surface area contributed by atoms with Crippen molar-refractivity contribution in [3.8, 4) is 5.75 Å². The van der Waals surface area contributed by atoms with Crippen molar-refractivity contribution in [3.05, 3.63) is 68.4 Å². The molecule has 0 radical (unpaired) electrons. The van der Waals surface area contributed by atoms with Gasteiger partial charge in [0.2, 0.25) is 5.90 Å². The van der Waals surface area contributed by atoms with Gasteiger partial charge >= 0.3 is 5.97 Å². The van der Waals surface area contributed by atoms with Gasteiger partial charge in [-0.3, -0.25) is 0 Å². The fourth-order valence-electron chi connectivity index (χ4n) is 2.17. The maximum Gasteiger partial charge on any atom is 0.363 e. The van der Waals surface area contributed by atoms with E-state index in [1.54, 1.807) is 13.2 Å². The average molecular weight is 419 g/mol. The van der Waals surface area contributed by atoms with Crippen molar-refractivity contribution < 1.29 is 14.3 Å². The highest BCUT2D eigenvalue weighted by atomic mass is 127. The van der Waals surface area contributed by atoms with Crippen LogP contribution in [0.2, 0.25) is 0 Å². The fraction of sp³-hybridized carbons (Fsp3) is 0.111. The first-order valence-corrected chi connectivity index (χ1v) is 8.08. The molecule has 116 valence electrons. The van der Waals surface area contributed by atoms with Crippen LogP contribution in [0.3, 0.4) is 0 Å². The number of rotatable bonds is 3. The molecule has 0 spiro atoms. The third-order valence-electron chi connectivity index (χ3n) is 3.44. The van der Waals surface area contributed by atoms with Crippen LogP contribution in [0.15, 0.2) is 53.2 Å². The van der Waals surface area contributed by atoms with Gasteiger partial charge in [-0.2, -0.15) is 0 Å². The highest BCUT2D eigenvalue weighted by molar-refractivity contribution is 14.1. The van der Waals surface area contributed by atoms with Gasteiger partial charge < -0.3 is 9.47 Å². The number of ether oxygens (including phenoxy) is 2. The van der Waals surface area contributed by atoms with E-state index in [-0.39, 0.29) is 0 Å². The number of nitrogens with zero attached hydrogens (tertiary/aromatic N) is 1. The molecule has 0 amide bonds. The Balaban J connectivity index is 1.90. The summed E-state index contributed by atoms with van der Waals surface area (Å²) in [4.78, 5) is 16.3. The molecule has 0 aliphatic carbocycles. The van der Waals surface area contributed by atoms with Gasteiger partial charge in [-0.15, -0.1) is 0 Å². The summed E-state index contributed by atoms with van der Waals surface area (Å²) >= 11 is 2.26. The van der Waals surface area contributed by atoms with Gasteiger partial charge in [0.05, 0.1) is 7.11 Å². The van der Waals surface area contributed by atoms with Gasteiger partial charge in [-0.1, -0.05) is 12.1 Å². The molecule has 4 nitrogen and oxygen atoms in total. The van der Waals surface area contributed by atoms with Crippen molar-refractivity contribution in [2.24, 2.45) is 4.99 Å². The van der Waals surface area contributed by atoms with E-state index in [9.17, 15) is 4.79 Å². The van der Waals surface area contributed by atoms with Gasteiger partial charge in [0, 0.05) is 9.13 Å². The average Bonchev–Trinajstić information content (AvgIpc) is 2.92. The second kappa shape index (κ2) is 6.54. The fourth-order valence-corrected chi connectivity index (χ4v) is 2.50. The molecule has 5 heteroatoms. The minimum absolute atomic E-state index is 0.293. The monoisotopic (exact) mass is 419 g/mol. The minimum atomic E-state index is -0.438. The van der Waals surface area contributed by atoms with E-state index >= 15 is 0 Å². The molecule has 1 aliphatic heterocycles. The molecule has 0 unspecified atom stereocenters. The SMILES string of the molecule is COc1ccc(/C=C2\N=C(c3ccc(I)c(C)c3)OC2=O)cc1. The maximum absolute atomic E-state index is 12.0. The highest BCUT2D eigenvalue weighted by Gasteiger charge is 2.24. The van der Waals surface area contributed by atoms with Crippen LogP contribution < -0.4 is 4.74 Å². The summed E-state index contributed by atoms with van der Waals surface area (Å²) in [6.07, 6.45) is 1.70. The molecule has 0 atom stereocenters. The lowest BCUT2D eigenvalue weighted by Crippen LogP contribution is -2.05. The van der Waals surface area contributed by atoms with Crippen molar-refractivity contribution in [2.45, 2.75) is 6.92 Å². The zero-order valence-electron chi connectivity index (χ0n) is 12.7. The molecule has 2 aromatic rings. The van der Waals surface area contributed by atoms with E-state index in [0.717, 1.165) is 26.0 Å². The Morgan fingerprint density at radius 1 is 1.17 bits per heavy atom. The van der Waals surface area contributed by atoms with Crippen LogP contribution in [-0.2, 0) is 9.53 Å². The minimum Gasteiger partial charge on any atom is -0.497 e. The molecule has 0 N–H and O–H groups in total.